The number of amides is 1. The lowest BCUT2D eigenvalue weighted by Crippen LogP contribution is -2.32. The molecule has 2 N–H and O–H groups in total. The first-order valence-corrected chi connectivity index (χ1v) is 6.94. The second-order valence-electron chi connectivity index (χ2n) is 3.54. The zero-order valence-electron chi connectivity index (χ0n) is 9.34. The van der Waals surface area contributed by atoms with Crippen molar-refractivity contribution in [2.24, 2.45) is 0 Å². The van der Waals surface area contributed by atoms with Gasteiger partial charge in [-0.15, -0.1) is 0 Å². The van der Waals surface area contributed by atoms with Crippen LogP contribution in [0.5, 0.6) is 0 Å². The number of hydrogen-bond donors (Lipinski definition) is 2. The number of halogens is 1. The third-order valence-corrected chi connectivity index (χ3v) is 3.26. The smallest absolute Gasteiger partial charge is 0.267 e. The van der Waals surface area contributed by atoms with Crippen molar-refractivity contribution < 1.29 is 17.8 Å². The molecule has 1 rings (SSSR count). The monoisotopic (exact) mass is 289 g/mol. The molecule has 0 aromatic heterocycles. The SMILES string of the molecule is C=CC(=O)NC(CS(=O)(=O)O)c1ccccc1Cl. The Morgan fingerprint density at radius 3 is 2.61 bits per heavy atom. The van der Waals surface area contributed by atoms with Crippen LogP contribution >= 0.6 is 11.6 Å². The van der Waals surface area contributed by atoms with Crippen LogP contribution in [0.2, 0.25) is 5.02 Å². The average molecular weight is 290 g/mol. The van der Waals surface area contributed by atoms with Crippen LogP contribution in [0.3, 0.4) is 0 Å². The molecular formula is C11H12ClNO4S. The molecule has 0 aliphatic rings. The van der Waals surface area contributed by atoms with Crippen LogP contribution in [0.1, 0.15) is 11.6 Å². The molecular weight excluding hydrogens is 278 g/mol. The molecule has 0 radical (unpaired) electrons. The Bertz CT molecular complexity index is 556. The lowest BCUT2D eigenvalue weighted by Gasteiger charge is -2.18. The number of nitrogens with one attached hydrogen (secondary N) is 1. The quantitative estimate of drug-likeness (QED) is 0.637. The van der Waals surface area contributed by atoms with Gasteiger partial charge in [-0.1, -0.05) is 36.4 Å². The number of carbonyl (C=O) groups is 1. The standard InChI is InChI=1S/C11H12ClNO4S/c1-2-11(14)13-10(7-18(15,16)17)8-5-3-4-6-9(8)12/h2-6,10H,1,7H2,(H,13,14)(H,15,16,17). The van der Waals surface area contributed by atoms with Crippen LogP contribution in [0.25, 0.3) is 0 Å². The van der Waals surface area contributed by atoms with E-state index < -0.39 is 27.8 Å². The van der Waals surface area contributed by atoms with Gasteiger partial charge < -0.3 is 5.32 Å². The topological polar surface area (TPSA) is 83.5 Å². The summed E-state index contributed by atoms with van der Waals surface area (Å²) in [5.41, 5.74) is 0.409. The minimum atomic E-state index is -4.25. The summed E-state index contributed by atoms with van der Waals surface area (Å²) in [7, 11) is -4.25. The summed E-state index contributed by atoms with van der Waals surface area (Å²) < 4.78 is 30.7. The van der Waals surface area contributed by atoms with Gasteiger partial charge in [0.15, 0.2) is 0 Å². The van der Waals surface area contributed by atoms with Crippen LogP contribution in [0.4, 0.5) is 0 Å². The first kappa shape index (κ1) is 14.7. The van der Waals surface area contributed by atoms with E-state index >= 15 is 0 Å². The summed E-state index contributed by atoms with van der Waals surface area (Å²) in [5, 5.41) is 2.70. The maximum absolute atomic E-state index is 11.2. The maximum atomic E-state index is 11.2. The van der Waals surface area contributed by atoms with Crippen molar-refractivity contribution in [3.05, 3.63) is 47.5 Å². The summed E-state index contributed by atoms with van der Waals surface area (Å²) in [6, 6.07) is 5.53. The molecule has 0 saturated heterocycles. The van der Waals surface area contributed by atoms with E-state index in [-0.39, 0.29) is 0 Å². The molecule has 0 saturated carbocycles. The predicted octanol–water partition coefficient (Wildman–Crippen LogP) is 1.57. The third-order valence-electron chi connectivity index (χ3n) is 2.16. The minimum absolute atomic E-state index is 0.301. The van der Waals surface area contributed by atoms with Crippen molar-refractivity contribution in [2.45, 2.75) is 6.04 Å². The van der Waals surface area contributed by atoms with Crippen LogP contribution < -0.4 is 5.32 Å². The van der Waals surface area contributed by atoms with Crippen LogP contribution in [0.15, 0.2) is 36.9 Å². The molecule has 0 bridgehead atoms. The summed E-state index contributed by atoms with van der Waals surface area (Å²) in [4.78, 5) is 11.2. The van der Waals surface area contributed by atoms with Crippen molar-refractivity contribution in [3.8, 4) is 0 Å². The highest BCUT2D eigenvalue weighted by Gasteiger charge is 2.21. The van der Waals surface area contributed by atoms with Crippen LogP contribution in [-0.4, -0.2) is 24.6 Å². The minimum Gasteiger partial charge on any atom is -0.345 e. The average Bonchev–Trinajstić information content (AvgIpc) is 2.26. The van der Waals surface area contributed by atoms with Gasteiger partial charge in [-0.3, -0.25) is 9.35 Å². The van der Waals surface area contributed by atoms with E-state index in [0.29, 0.717) is 10.6 Å². The highest BCUT2D eigenvalue weighted by atomic mass is 35.5. The summed E-state index contributed by atoms with van der Waals surface area (Å²) >= 11 is 5.92. The Hall–Kier alpha value is -1.37. The molecule has 5 nitrogen and oxygen atoms in total. The molecule has 1 aromatic rings. The molecule has 98 valence electrons. The fraction of sp³-hybridized carbons (Fsp3) is 0.182. The van der Waals surface area contributed by atoms with Crippen molar-refractivity contribution in [3.63, 3.8) is 0 Å². The second-order valence-corrected chi connectivity index (χ2v) is 5.44. The summed E-state index contributed by atoms with van der Waals surface area (Å²) in [6.45, 7) is 3.27. The first-order valence-electron chi connectivity index (χ1n) is 4.96. The summed E-state index contributed by atoms with van der Waals surface area (Å²) in [5.74, 6) is -1.21. The van der Waals surface area contributed by atoms with Gasteiger partial charge >= 0.3 is 0 Å². The fourth-order valence-corrected chi connectivity index (χ4v) is 2.36. The molecule has 7 heteroatoms. The van der Waals surface area contributed by atoms with Gasteiger partial charge in [0, 0.05) is 5.02 Å². The van der Waals surface area contributed by atoms with Crippen molar-refractivity contribution in [1.29, 1.82) is 0 Å². The molecule has 0 fully saturated rings. The Morgan fingerprint density at radius 2 is 2.11 bits per heavy atom. The fourth-order valence-electron chi connectivity index (χ4n) is 1.41. The zero-order valence-corrected chi connectivity index (χ0v) is 10.9. The molecule has 0 spiro atoms. The van der Waals surface area contributed by atoms with Gasteiger partial charge in [0.1, 0.15) is 0 Å². The molecule has 0 aliphatic heterocycles. The largest absolute Gasteiger partial charge is 0.345 e. The van der Waals surface area contributed by atoms with Gasteiger partial charge in [-0.05, 0) is 17.7 Å². The first-order chi connectivity index (χ1) is 8.33. The molecule has 1 atom stereocenters. The van der Waals surface area contributed by atoms with Gasteiger partial charge in [-0.2, -0.15) is 8.42 Å². The highest BCUT2D eigenvalue weighted by Crippen LogP contribution is 2.23. The van der Waals surface area contributed by atoms with Gasteiger partial charge in [0.05, 0.1) is 11.8 Å². The van der Waals surface area contributed by atoms with E-state index in [2.05, 4.69) is 11.9 Å². The Morgan fingerprint density at radius 1 is 1.50 bits per heavy atom. The predicted molar refractivity (Wildman–Crippen MR) is 68.9 cm³/mol. The van der Waals surface area contributed by atoms with Crippen LogP contribution in [-0.2, 0) is 14.9 Å². The third kappa shape index (κ3) is 4.48. The lowest BCUT2D eigenvalue weighted by molar-refractivity contribution is -0.117. The normalized spacial score (nSPS) is 12.8. The summed E-state index contributed by atoms with van der Waals surface area (Å²) in [6.07, 6.45) is 1.01. The number of benzene rings is 1. The molecule has 0 aliphatic carbocycles. The van der Waals surface area contributed by atoms with Gasteiger partial charge in [0.25, 0.3) is 10.1 Å². The van der Waals surface area contributed by atoms with E-state index in [4.69, 9.17) is 16.2 Å². The molecule has 0 heterocycles. The maximum Gasteiger partial charge on any atom is 0.267 e. The molecule has 1 aromatic carbocycles. The van der Waals surface area contributed by atoms with Gasteiger partial charge in [-0.25, -0.2) is 0 Å². The molecule has 1 unspecified atom stereocenters. The molecule has 18 heavy (non-hydrogen) atoms. The van der Waals surface area contributed by atoms with E-state index in [1.807, 2.05) is 0 Å². The van der Waals surface area contributed by atoms with Crippen LogP contribution in [0, 0.1) is 0 Å². The number of rotatable bonds is 5. The highest BCUT2D eigenvalue weighted by molar-refractivity contribution is 7.85. The number of carbonyl (C=O) groups excluding carboxylic acids is 1. The Kier molecular flexibility index (Phi) is 4.89. The lowest BCUT2D eigenvalue weighted by atomic mass is 10.1. The van der Waals surface area contributed by atoms with Gasteiger partial charge in [0.2, 0.25) is 5.91 Å². The zero-order chi connectivity index (χ0) is 13.8. The molecule has 1 amide bonds. The number of hydrogen-bond acceptors (Lipinski definition) is 3. The van der Waals surface area contributed by atoms with E-state index in [1.165, 1.54) is 0 Å². The van der Waals surface area contributed by atoms with E-state index in [9.17, 15) is 13.2 Å². The Labute approximate surface area is 110 Å². The van der Waals surface area contributed by atoms with E-state index in [0.717, 1.165) is 6.08 Å². The van der Waals surface area contributed by atoms with E-state index in [1.54, 1.807) is 24.3 Å². The van der Waals surface area contributed by atoms with Crippen molar-refractivity contribution in [2.75, 3.05) is 5.75 Å². The van der Waals surface area contributed by atoms with Crippen molar-refractivity contribution >= 4 is 27.6 Å². The Balaban J connectivity index is 3.08. The van der Waals surface area contributed by atoms with Crippen molar-refractivity contribution in [1.82, 2.24) is 5.32 Å². The second kappa shape index (κ2) is 5.99.